The molecule has 0 saturated carbocycles. The van der Waals surface area contributed by atoms with Crippen LogP contribution in [0.15, 0.2) is 29.8 Å². The fourth-order valence-corrected chi connectivity index (χ4v) is 6.23. The van der Waals surface area contributed by atoms with Gasteiger partial charge in [-0.1, -0.05) is 11.6 Å². The van der Waals surface area contributed by atoms with Crippen molar-refractivity contribution in [3.63, 3.8) is 0 Å². The van der Waals surface area contributed by atoms with Gasteiger partial charge in [0.2, 0.25) is 15.9 Å². The van der Waals surface area contributed by atoms with E-state index in [1.165, 1.54) is 16.7 Å². The normalized spacial score (nSPS) is 20.1. The topological polar surface area (TPSA) is 95.5 Å². The molecule has 0 aliphatic carbocycles. The van der Waals surface area contributed by atoms with Gasteiger partial charge in [-0.15, -0.1) is 11.3 Å². The summed E-state index contributed by atoms with van der Waals surface area (Å²) in [4.78, 5) is 26.5. The second-order valence-electron chi connectivity index (χ2n) is 8.50. The van der Waals surface area contributed by atoms with Crippen molar-refractivity contribution in [2.75, 3.05) is 37.6 Å². The molecule has 1 amide bonds. The highest BCUT2D eigenvalue weighted by atomic mass is 35.5. The van der Waals surface area contributed by atoms with Crippen LogP contribution in [0.1, 0.15) is 30.0 Å². The third-order valence-corrected chi connectivity index (χ3v) is 8.37. The van der Waals surface area contributed by atoms with Gasteiger partial charge in [0.15, 0.2) is 0 Å². The number of carbonyl (C=O) groups excluding carboxylic acids is 1. The predicted octanol–water partition coefficient (Wildman–Crippen LogP) is 3.16. The van der Waals surface area contributed by atoms with Crippen LogP contribution in [0.2, 0.25) is 4.34 Å². The highest BCUT2D eigenvalue weighted by Crippen LogP contribution is 2.26. The smallest absolute Gasteiger partial charge is 0.233 e. The lowest BCUT2D eigenvalue weighted by molar-refractivity contribution is -0.135. The van der Waals surface area contributed by atoms with E-state index in [4.69, 9.17) is 11.6 Å². The summed E-state index contributed by atoms with van der Waals surface area (Å²) in [5.41, 5.74) is 0. The van der Waals surface area contributed by atoms with Crippen LogP contribution < -0.4 is 9.62 Å². The van der Waals surface area contributed by atoms with Crippen LogP contribution in [-0.2, 0) is 14.8 Å². The number of hydrogen-bond donors (Lipinski definition) is 1. The Labute approximate surface area is 203 Å². The molecule has 4 heterocycles. The number of sulfonamides is 1. The van der Waals surface area contributed by atoms with Crippen molar-refractivity contribution in [2.45, 2.75) is 26.2 Å². The molecule has 2 aliphatic rings. The Bertz CT molecular complexity index is 1110. The SMILES string of the molecule is Cc1nccc(N2CCC(C(=O)N3CC[C@H](CNS(=O)(=O)C=Cc4ccc(Cl)s4)C3)CC2)n1. The molecule has 1 atom stereocenters. The largest absolute Gasteiger partial charge is 0.356 e. The number of likely N-dealkylation sites (tertiary alicyclic amines) is 1. The summed E-state index contributed by atoms with van der Waals surface area (Å²) in [6.45, 7) is 5.07. The van der Waals surface area contributed by atoms with Gasteiger partial charge >= 0.3 is 0 Å². The third-order valence-electron chi connectivity index (χ3n) is 6.11. The Kier molecular flexibility index (Phi) is 7.68. The number of aromatic nitrogens is 2. The molecule has 8 nitrogen and oxygen atoms in total. The van der Waals surface area contributed by atoms with Gasteiger partial charge in [0, 0.05) is 55.1 Å². The Morgan fingerprint density at radius 3 is 2.73 bits per heavy atom. The van der Waals surface area contributed by atoms with Crippen molar-refractivity contribution in [3.05, 3.63) is 44.8 Å². The van der Waals surface area contributed by atoms with Crippen molar-refractivity contribution in [1.29, 1.82) is 0 Å². The Hall–Kier alpha value is -2.01. The molecule has 4 rings (SSSR count). The zero-order valence-corrected chi connectivity index (χ0v) is 20.9. The average Bonchev–Trinajstić information content (AvgIpc) is 3.45. The van der Waals surface area contributed by atoms with E-state index in [0.29, 0.717) is 24.0 Å². The minimum absolute atomic E-state index is 0.0141. The molecule has 0 radical (unpaired) electrons. The van der Waals surface area contributed by atoms with Gasteiger partial charge in [-0.05, 0) is 56.4 Å². The van der Waals surface area contributed by atoms with Crippen molar-refractivity contribution >= 4 is 50.8 Å². The van der Waals surface area contributed by atoms with Gasteiger partial charge in [-0.2, -0.15) is 0 Å². The zero-order chi connectivity index (χ0) is 23.4. The second kappa shape index (κ2) is 10.5. The number of thiophene rings is 1. The van der Waals surface area contributed by atoms with E-state index >= 15 is 0 Å². The summed E-state index contributed by atoms with van der Waals surface area (Å²) in [6, 6.07) is 5.42. The summed E-state index contributed by atoms with van der Waals surface area (Å²) >= 11 is 7.19. The average molecular weight is 510 g/mol. The minimum Gasteiger partial charge on any atom is -0.356 e. The molecule has 33 heavy (non-hydrogen) atoms. The quantitative estimate of drug-likeness (QED) is 0.616. The molecule has 0 bridgehead atoms. The van der Waals surface area contributed by atoms with Crippen LogP contribution in [0.4, 0.5) is 5.82 Å². The van der Waals surface area contributed by atoms with E-state index in [1.54, 1.807) is 24.4 Å². The first-order valence-corrected chi connectivity index (χ1v) is 13.8. The molecular weight excluding hydrogens is 482 g/mol. The Morgan fingerprint density at radius 2 is 2.03 bits per heavy atom. The summed E-state index contributed by atoms with van der Waals surface area (Å²) in [5.74, 6) is 1.99. The molecule has 2 aliphatic heterocycles. The van der Waals surface area contributed by atoms with Crippen LogP contribution in [0.25, 0.3) is 6.08 Å². The molecule has 0 aromatic carbocycles. The Balaban J connectivity index is 1.22. The van der Waals surface area contributed by atoms with Crippen LogP contribution >= 0.6 is 22.9 Å². The van der Waals surface area contributed by atoms with Gasteiger partial charge in [0.1, 0.15) is 11.6 Å². The van der Waals surface area contributed by atoms with Crippen LogP contribution in [0.5, 0.6) is 0 Å². The number of halogens is 1. The van der Waals surface area contributed by atoms with E-state index in [1.807, 2.05) is 17.9 Å². The maximum atomic E-state index is 13.0. The number of nitrogens with zero attached hydrogens (tertiary/aromatic N) is 4. The first-order valence-electron chi connectivity index (χ1n) is 11.1. The fraction of sp³-hybridized carbons (Fsp3) is 0.500. The molecule has 1 N–H and O–H groups in total. The van der Waals surface area contributed by atoms with Crippen molar-refractivity contribution in [2.24, 2.45) is 11.8 Å². The molecule has 178 valence electrons. The van der Waals surface area contributed by atoms with Crippen LogP contribution in [0, 0.1) is 18.8 Å². The molecule has 0 spiro atoms. The second-order valence-corrected chi connectivity index (χ2v) is 11.9. The fourth-order valence-electron chi connectivity index (χ4n) is 4.29. The van der Waals surface area contributed by atoms with Crippen LogP contribution in [0.3, 0.4) is 0 Å². The van der Waals surface area contributed by atoms with Crippen molar-refractivity contribution in [1.82, 2.24) is 19.6 Å². The molecule has 2 fully saturated rings. The number of aryl methyl sites for hydroxylation is 1. The third kappa shape index (κ3) is 6.53. The maximum Gasteiger partial charge on any atom is 0.233 e. The molecule has 2 aromatic rings. The number of anilines is 1. The number of rotatable bonds is 7. The van der Waals surface area contributed by atoms with Crippen molar-refractivity contribution in [3.8, 4) is 0 Å². The summed E-state index contributed by atoms with van der Waals surface area (Å²) in [5, 5.41) is 1.17. The zero-order valence-electron chi connectivity index (χ0n) is 18.5. The lowest BCUT2D eigenvalue weighted by Crippen LogP contribution is -2.42. The van der Waals surface area contributed by atoms with Gasteiger partial charge in [0.25, 0.3) is 0 Å². The predicted molar refractivity (Wildman–Crippen MR) is 132 cm³/mol. The molecule has 2 saturated heterocycles. The van der Waals surface area contributed by atoms with Crippen LogP contribution in [-0.4, -0.2) is 61.9 Å². The van der Waals surface area contributed by atoms with E-state index in [-0.39, 0.29) is 17.7 Å². The Morgan fingerprint density at radius 1 is 1.24 bits per heavy atom. The number of piperidine rings is 1. The molecule has 11 heteroatoms. The highest BCUT2D eigenvalue weighted by molar-refractivity contribution is 7.92. The standard InChI is InChI=1S/C22H28ClN5O3S2/c1-16-24-9-4-21(26-16)27-11-6-18(7-12-27)22(29)28-10-5-17(15-28)14-25-33(30,31)13-8-19-2-3-20(23)32-19/h2-4,8-9,13,17-18,25H,5-7,10-12,14-15H2,1H3/t17-/m1/s1. The monoisotopic (exact) mass is 509 g/mol. The number of nitrogens with one attached hydrogen (secondary N) is 1. The molecular formula is C22H28ClN5O3S2. The number of hydrogen-bond acceptors (Lipinski definition) is 7. The van der Waals surface area contributed by atoms with E-state index in [9.17, 15) is 13.2 Å². The first-order chi connectivity index (χ1) is 15.8. The van der Waals surface area contributed by atoms with E-state index in [2.05, 4.69) is 19.6 Å². The molecule has 2 aromatic heterocycles. The number of carbonyl (C=O) groups is 1. The maximum absolute atomic E-state index is 13.0. The summed E-state index contributed by atoms with van der Waals surface area (Å²) < 4.78 is 27.8. The van der Waals surface area contributed by atoms with Gasteiger partial charge < -0.3 is 9.80 Å². The van der Waals surface area contributed by atoms with Gasteiger partial charge in [-0.3, -0.25) is 4.79 Å². The minimum atomic E-state index is -3.54. The summed E-state index contributed by atoms with van der Waals surface area (Å²) in [7, 11) is -3.54. The molecule has 0 unspecified atom stereocenters. The van der Waals surface area contributed by atoms with Gasteiger partial charge in [0.05, 0.1) is 4.34 Å². The van der Waals surface area contributed by atoms with E-state index < -0.39 is 10.0 Å². The van der Waals surface area contributed by atoms with Gasteiger partial charge in [-0.25, -0.2) is 23.1 Å². The van der Waals surface area contributed by atoms with E-state index in [0.717, 1.165) is 48.9 Å². The lowest BCUT2D eigenvalue weighted by atomic mass is 9.95. The highest BCUT2D eigenvalue weighted by Gasteiger charge is 2.33. The van der Waals surface area contributed by atoms with Crippen molar-refractivity contribution < 1.29 is 13.2 Å². The first kappa shape index (κ1) is 24.1. The summed E-state index contributed by atoms with van der Waals surface area (Å²) in [6.07, 6.45) is 5.71. The lowest BCUT2D eigenvalue weighted by Gasteiger charge is -2.34. The number of amides is 1.